The monoisotopic (exact) mass is 458 g/mol. The molecule has 152 valence electrons. The van der Waals surface area contributed by atoms with E-state index in [1.54, 1.807) is 31.4 Å². The zero-order chi connectivity index (χ0) is 21.3. The zero-order valence-electron chi connectivity index (χ0n) is 15.8. The first-order valence-electron chi connectivity index (χ1n) is 8.88. The van der Waals surface area contributed by atoms with Gasteiger partial charge in [0.05, 0.1) is 22.7 Å². The summed E-state index contributed by atoms with van der Waals surface area (Å²) >= 11 is 13.6. The Balaban J connectivity index is 1.63. The standard InChI is InChI=1S/C21H16Cl2N4O2S/c1-29-13-5-2-11(3-6-13)10-25-19(28)17-9-15-18(26-21(24)27-20(15)30-17)14-7-4-12(22)8-16(14)23/h2-9H,10H2,1H3,(H,25,28)(H2,24,26,27). The van der Waals surface area contributed by atoms with E-state index in [-0.39, 0.29) is 11.9 Å². The molecule has 0 bridgehead atoms. The Labute approximate surface area is 186 Å². The van der Waals surface area contributed by atoms with Crippen molar-refractivity contribution in [3.8, 4) is 17.0 Å². The minimum atomic E-state index is -0.208. The number of benzene rings is 2. The Morgan fingerprint density at radius 3 is 2.60 bits per heavy atom. The molecule has 0 aliphatic rings. The molecule has 6 nitrogen and oxygen atoms in total. The number of methoxy groups -OCH3 is 1. The molecule has 0 aliphatic heterocycles. The van der Waals surface area contributed by atoms with Crippen LogP contribution in [0.25, 0.3) is 21.5 Å². The van der Waals surface area contributed by atoms with E-state index in [4.69, 9.17) is 33.7 Å². The smallest absolute Gasteiger partial charge is 0.261 e. The molecule has 0 saturated carbocycles. The van der Waals surface area contributed by atoms with E-state index in [2.05, 4.69) is 15.3 Å². The normalized spacial score (nSPS) is 10.9. The van der Waals surface area contributed by atoms with Gasteiger partial charge in [0, 0.05) is 22.5 Å². The van der Waals surface area contributed by atoms with Crippen LogP contribution in [0.2, 0.25) is 10.0 Å². The number of anilines is 1. The van der Waals surface area contributed by atoms with Crippen molar-refractivity contribution in [3.05, 3.63) is 69.0 Å². The lowest BCUT2D eigenvalue weighted by Crippen LogP contribution is -2.21. The highest BCUT2D eigenvalue weighted by Crippen LogP contribution is 2.36. The first kappa shape index (κ1) is 20.4. The molecular formula is C21H16Cl2N4O2S. The van der Waals surface area contributed by atoms with Crippen LogP contribution in [0.15, 0.2) is 48.5 Å². The average Bonchev–Trinajstić information content (AvgIpc) is 3.16. The molecule has 0 unspecified atom stereocenters. The highest BCUT2D eigenvalue weighted by molar-refractivity contribution is 7.20. The minimum Gasteiger partial charge on any atom is -0.497 e. The lowest BCUT2D eigenvalue weighted by atomic mass is 10.1. The van der Waals surface area contributed by atoms with Crippen molar-refractivity contribution in [1.82, 2.24) is 15.3 Å². The van der Waals surface area contributed by atoms with Gasteiger partial charge in [-0.2, -0.15) is 0 Å². The summed E-state index contributed by atoms with van der Waals surface area (Å²) in [6.07, 6.45) is 0. The number of thiophene rings is 1. The number of nitrogens with two attached hydrogens (primary N) is 1. The van der Waals surface area contributed by atoms with Crippen LogP contribution in [0.5, 0.6) is 5.75 Å². The number of carbonyl (C=O) groups excluding carboxylic acids is 1. The molecule has 0 spiro atoms. The third-order valence-corrected chi connectivity index (χ3v) is 6.01. The van der Waals surface area contributed by atoms with Gasteiger partial charge >= 0.3 is 0 Å². The first-order valence-corrected chi connectivity index (χ1v) is 10.5. The number of ether oxygens (including phenoxy) is 1. The number of hydrogen-bond acceptors (Lipinski definition) is 6. The van der Waals surface area contributed by atoms with E-state index in [1.165, 1.54) is 11.3 Å². The Morgan fingerprint density at radius 1 is 1.13 bits per heavy atom. The summed E-state index contributed by atoms with van der Waals surface area (Å²) < 4.78 is 5.14. The molecule has 3 N–H and O–H groups in total. The summed E-state index contributed by atoms with van der Waals surface area (Å²) in [6.45, 7) is 0.390. The molecule has 2 aromatic carbocycles. The van der Waals surface area contributed by atoms with Gasteiger partial charge in [0.15, 0.2) is 0 Å². The van der Waals surface area contributed by atoms with Crippen molar-refractivity contribution in [2.45, 2.75) is 6.54 Å². The van der Waals surface area contributed by atoms with E-state index in [0.29, 0.717) is 42.9 Å². The molecule has 1 amide bonds. The van der Waals surface area contributed by atoms with Crippen molar-refractivity contribution in [1.29, 1.82) is 0 Å². The summed E-state index contributed by atoms with van der Waals surface area (Å²) in [6, 6.07) is 14.4. The van der Waals surface area contributed by atoms with Gasteiger partial charge < -0.3 is 15.8 Å². The fourth-order valence-corrected chi connectivity index (χ4v) is 4.40. The van der Waals surface area contributed by atoms with Crippen molar-refractivity contribution in [2.24, 2.45) is 0 Å². The maximum absolute atomic E-state index is 12.7. The fourth-order valence-electron chi connectivity index (χ4n) is 2.95. The number of rotatable bonds is 5. The number of nitrogen functional groups attached to an aromatic ring is 1. The number of halogens is 2. The summed E-state index contributed by atoms with van der Waals surface area (Å²) in [5.41, 5.74) is 8.08. The van der Waals surface area contributed by atoms with Crippen molar-refractivity contribution < 1.29 is 9.53 Å². The molecule has 30 heavy (non-hydrogen) atoms. The van der Waals surface area contributed by atoms with Crippen LogP contribution in [-0.2, 0) is 6.54 Å². The summed E-state index contributed by atoms with van der Waals surface area (Å²) in [4.78, 5) is 22.4. The van der Waals surface area contributed by atoms with Crippen molar-refractivity contribution in [3.63, 3.8) is 0 Å². The molecule has 0 radical (unpaired) electrons. The number of hydrogen-bond donors (Lipinski definition) is 2. The third kappa shape index (κ3) is 4.18. The van der Waals surface area contributed by atoms with E-state index < -0.39 is 0 Å². The maximum atomic E-state index is 12.7. The second kappa shape index (κ2) is 8.47. The quantitative estimate of drug-likeness (QED) is 0.429. The molecule has 0 saturated heterocycles. The second-order valence-corrected chi connectivity index (χ2v) is 8.29. The minimum absolute atomic E-state index is 0.107. The van der Waals surface area contributed by atoms with Gasteiger partial charge in [-0.3, -0.25) is 4.79 Å². The molecule has 0 atom stereocenters. The second-order valence-electron chi connectivity index (χ2n) is 6.41. The molecule has 4 rings (SSSR count). The van der Waals surface area contributed by atoms with Crippen LogP contribution in [0.4, 0.5) is 5.95 Å². The van der Waals surface area contributed by atoms with Gasteiger partial charge in [0.2, 0.25) is 5.95 Å². The van der Waals surface area contributed by atoms with E-state index in [0.717, 1.165) is 11.3 Å². The van der Waals surface area contributed by atoms with Crippen molar-refractivity contribution >= 4 is 56.6 Å². The van der Waals surface area contributed by atoms with Gasteiger partial charge in [0.1, 0.15) is 10.6 Å². The Kier molecular flexibility index (Phi) is 5.76. The molecule has 2 aromatic heterocycles. The van der Waals surface area contributed by atoms with Gasteiger partial charge in [-0.1, -0.05) is 35.3 Å². The molecular weight excluding hydrogens is 443 g/mol. The van der Waals surface area contributed by atoms with E-state index in [9.17, 15) is 4.79 Å². The number of amides is 1. The lowest BCUT2D eigenvalue weighted by molar-refractivity contribution is 0.0955. The molecule has 4 aromatic rings. The predicted molar refractivity (Wildman–Crippen MR) is 121 cm³/mol. The fraction of sp³-hybridized carbons (Fsp3) is 0.0952. The predicted octanol–water partition coefficient (Wildman–Crippen LogP) is 5.19. The number of nitrogens with zero attached hydrogens (tertiary/aromatic N) is 2. The number of aromatic nitrogens is 2. The number of fused-ring (bicyclic) bond motifs is 1. The van der Waals surface area contributed by atoms with Crippen LogP contribution < -0.4 is 15.8 Å². The van der Waals surface area contributed by atoms with E-state index >= 15 is 0 Å². The lowest BCUT2D eigenvalue weighted by Gasteiger charge is -2.06. The van der Waals surface area contributed by atoms with Gasteiger partial charge in [-0.15, -0.1) is 11.3 Å². The Bertz CT molecular complexity index is 1240. The van der Waals surface area contributed by atoms with Crippen LogP contribution in [0, 0.1) is 0 Å². The van der Waals surface area contributed by atoms with Crippen molar-refractivity contribution in [2.75, 3.05) is 12.8 Å². The van der Waals surface area contributed by atoms with Crippen LogP contribution in [0.3, 0.4) is 0 Å². The summed E-state index contributed by atoms with van der Waals surface area (Å²) in [5.74, 6) is 0.662. The highest BCUT2D eigenvalue weighted by Gasteiger charge is 2.18. The number of carbonyl (C=O) groups is 1. The van der Waals surface area contributed by atoms with Crippen LogP contribution in [0.1, 0.15) is 15.2 Å². The largest absolute Gasteiger partial charge is 0.497 e. The van der Waals surface area contributed by atoms with Gasteiger partial charge in [0.25, 0.3) is 5.91 Å². The third-order valence-electron chi connectivity index (χ3n) is 4.43. The topological polar surface area (TPSA) is 90.1 Å². The first-order chi connectivity index (χ1) is 14.4. The molecule has 9 heteroatoms. The average molecular weight is 459 g/mol. The SMILES string of the molecule is COc1ccc(CNC(=O)c2cc3c(-c4ccc(Cl)cc4Cl)nc(N)nc3s2)cc1. The summed E-state index contributed by atoms with van der Waals surface area (Å²) in [5, 5.41) is 4.58. The summed E-state index contributed by atoms with van der Waals surface area (Å²) in [7, 11) is 1.61. The Hall–Kier alpha value is -2.87. The highest BCUT2D eigenvalue weighted by atomic mass is 35.5. The van der Waals surface area contributed by atoms with Gasteiger partial charge in [-0.05, 0) is 42.0 Å². The van der Waals surface area contributed by atoms with Crippen LogP contribution in [-0.4, -0.2) is 23.0 Å². The zero-order valence-corrected chi connectivity index (χ0v) is 18.1. The Morgan fingerprint density at radius 2 is 1.90 bits per heavy atom. The maximum Gasteiger partial charge on any atom is 0.261 e. The molecule has 0 fully saturated rings. The number of nitrogens with one attached hydrogen (secondary N) is 1. The van der Waals surface area contributed by atoms with Gasteiger partial charge in [-0.25, -0.2) is 9.97 Å². The molecule has 0 aliphatic carbocycles. The van der Waals surface area contributed by atoms with E-state index in [1.807, 2.05) is 24.3 Å². The van der Waals surface area contributed by atoms with Crippen LogP contribution >= 0.6 is 34.5 Å². The molecule has 2 heterocycles.